The molecule has 2 rings (SSSR count). The number of carbonyl (C=O) groups is 3. The summed E-state index contributed by atoms with van der Waals surface area (Å²) in [4.78, 5) is 38.5. The first-order chi connectivity index (χ1) is 15.3. The van der Waals surface area contributed by atoms with Gasteiger partial charge in [0.05, 0.1) is 6.04 Å². The van der Waals surface area contributed by atoms with Crippen molar-refractivity contribution in [1.82, 2.24) is 15.5 Å². The lowest BCUT2D eigenvalue weighted by Gasteiger charge is -2.26. The summed E-state index contributed by atoms with van der Waals surface area (Å²) in [6.07, 6.45) is 6.58. The molecule has 1 aromatic heterocycles. The summed E-state index contributed by atoms with van der Waals surface area (Å²) in [6, 6.07) is -0.724. The monoisotopic (exact) mass is 481 g/mol. The van der Waals surface area contributed by atoms with Crippen LogP contribution in [0.25, 0.3) is 0 Å². The quantitative estimate of drug-likeness (QED) is 0.228. The second-order valence-electron chi connectivity index (χ2n) is 10.7. The highest BCUT2D eigenvalue weighted by atomic mass is 32.2. The van der Waals surface area contributed by atoms with Crippen LogP contribution in [-0.2, 0) is 14.3 Å². The third-order valence-corrected chi connectivity index (χ3v) is 6.43. The van der Waals surface area contributed by atoms with E-state index in [1.165, 1.54) is 0 Å². The van der Waals surface area contributed by atoms with Gasteiger partial charge < -0.3 is 14.5 Å². The molecule has 8 nitrogen and oxygen atoms in total. The van der Waals surface area contributed by atoms with Crippen LogP contribution < -0.4 is 5.32 Å². The van der Waals surface area contributed by atoms with Gasteiger partial charge in [0.2, 0.25) is 11.7 Å². The Morgan fingerprint density at radius 3 is 2.21 bits per heavy atom. The lowest BCUT2D eigenvalue weighted by atomic mass is 9.96. The molecule has 0 bridgehead atoms. The van der Waals surface area contributed by atoms with E-state index >= 15 is 0 Å². The van der Waals surface area contributed by atoms with Gasteiger partial charge in [-0.15, -0.1) is 10.2 Å². The van der Waals surface area contributed by atoms with Crippen LogP contribution in [0.1, 0.15) is 104 Å². The fourth-order valence-electron chi connectivity index (χ4n) is 3.69. The van der Waals surface area contributed by atoms with Gasteiger partial charge in [0, 0.05) is 5.92 Å². The minimum Gasteiger partial charge on any atom is -0.459 e. The summed E-state index contributed by atoms with van der Waals surface area (Å²) in [5.41, 5.74) is -0.621. The van der Waals surface area contributed by atoms with Gasteiger partial charge in [-0.05, 0) is 71.6 Å². The maximum atomic E-state index is 13.2. The average Bonchev–Trinajstić information content (AvgIpc) is 2.96. The third kappa shape index (κ3) is 8.76. The van der Waals surface area contributed by atoms with E-state index in [9.17, 15) is 14.4 Å². The molecule has 0 unspecified atom stereocenters. The van der Waals surface area contributed by atoms with Gasteiger partial charge in [0.25, 0.3) is 11.1 Å². The summed E-state index contributed by atoms with van der Waals surface area (Å²) in [7, 11) is 0. The van der Waals surface area contributed by atoms with Crippen molar-refractivity contribution in [3.8, 4) is 0 Å². The van der Waals surface area contributed by atoms with E-state index in [1.807, 2.05) is 13.8 Å². The molecule has 1 saturated carbocycles. The Balaban J connectivity index is 2.09. The van der Waals surface area contributed by atoms with Gasteiger partial charge in [-0.3, -0.25) is 14.4 Å². The summed E-state index contributed by atoms with van der Waals surface area (Å²) in [5.74, 6) is -0.922. The lowest BCUT2D eigenvalue weighted by Crippen LogP contribution is -2.44. The Labute approximate surface area is 201 Å². The van der Waals surface area contributed by atoms with Crippen LogP contribution in [0.3, 0.4) is 0 Å². The Bertz CT molecular complexity index is 820. The van der Waals surface area contributed by atoms with Gasteiger partial charge in [0.15, 0.2) is 0 Å². The number of carbonyl (C=O) groups excluding carboxylic acids is 3. The number of nitrogens with one attached hydrogen (secondary N) is 1. The van der Waals surface area contributed by atoms with Gasteiger partial charge in [-0.1, -0.05) is 39.5 Å². The Hall–Kier alpha value is -1.90. The Morgan fingerprint density at radius 1 is 1.06 bits per heavy atom. The Kier molecular flexibility index (Phi) is 9.52. The zero-order chi connectivity index (χ0) is 24.8. The maximum Gasteiger partial charge on any atom is 0.322 e. The molecule has 0 radical (unpaired) electrons. The Morgan fingerprint density at radius 2 is 1.67 bits per heavy atom. The molecule has 186 valence electrons. The highest BCUT2D eigenvalue weighted by molar-refractivity contribution is 8.01. The van der Waals surface area contributed by atoms with E-state index in [4.69, 9.17) is 9.15 Å². The number of ether oxygens (including phenoxy) is 1. The molecule has 1 aliphatic carbocycles. The molecule has 0 aliphatic heterocycles. The molecule has 1 heterocycles. The standard InChI is InChI=1S/C24H39N3O5S/c1-15(2)14-17(25-19(29)16-12-10-8-9-11-13-16)18(28)20-26-27-22(31-20)33-24(6,7)21(30)32-23(3,4)5/h15-17H,8-14H2,1-7H3,(H,25,29)/t17-/m0/s1. The minimum atomic E-state index is -0.981. The third-order valence-electron chi connectivity index (χ3n) is 5.42. The predicted octanol–water partition coefficient (Wildman–Crippen LogP) is 4.97. The van der Waals surface area contributed by atoms with Crippen LogP contribution in [-0.4, -0.2) is 44.2 Å². The first-order valence-corrected chi connectivity index (χ1v) is 12.7. The first kappa shape index (κ1) is 27.3. The summed E-state index contributed by atoms with van der Waals surface area (Å²) < 4.78 is 10.1. The second-order valence-corrected chi connectivity index (χ2v) is 12.3. The van der Waals surface area contributed by atoms with Crippen molar-refractivity contribution in [1.29, 1.82) is 0 Å². The molecular weight excluding hydrogens is 442 g/mol. The molecule has 1 aromatic rings. The number of amides is 1. The van der Waals surface area contributed by atoms with Gasteiger partial charge >= 0.3 is 5.97 Å². The SMILES string of the molecule is CC(C)C[C@H](NC(=O)C1CCCCCC1)C(=O)c1nnc(SC(C)(C)C(=O)OC(C)(C)C)o1. The number of aromatic nitrogens is 2. The van der Waals surface area contributed by atoms with Crippen molar-refractivity contribution in [2.45, 2.75) is 115 Å². The van der Waals surface area contributed by atoms with E-state index in [0.29, 0.717) is 6.42 Å². The molecule has 1 aliphatic rings. The lowest BCUT2D eigenvalue weighted by molar-refractivity contribution is -0.156. The van der Waals surface area contributed by atoms with E-state index in [1.54, 1.807) is 34.6 Å². The fourth-order valence-corrected chi connectivity index (χ4v) is 4.46. The molecule has 0 aromatic carbocycles. The molecular formula is C24H39N3O5S. The number of esters is 1. The zero-order valence-electron chi connectivity index (χ0n) is 21.0. The number of thioether (sulfide) groups is 1. The highest BCUT2D eigenvalue weighted by Gasteiger charge is 2.37. The summed E-state index contributed by atoms with van der Waals surface area (Å²) in [5, 5.41) is 10.9. The van der Waals surface area contributed by atoms with Crippen LogP contribution in [0.4, 0.5) is 0 Å². The number of Topliss-reactive ketones (excluding diaryl/α,β-unsaturated/α-hetero) is 1. The largest absolute Gasteiger partial charge is 0.459 e. The van der Waals surface area contributed by atoms with Crippen LogP contribution in [0, 0.1) is 11.8 Å². The van der Waals surface area contributed by atoms with Crippen LogP contribution in [0.5, 0.6) is 0 Å². The van der Waals surface area contributed by atoms with Crippen molar-refractivity contribution >= 4 is 29.4 Å². The molecule has 1 N–H and O–H groups in total. The summed E-state index contributed by atoms with van der Waals surface area (Å²) in [6.45, 7) is 12.8. The zero-order valence-corrected chi connectivity index (χ0v) is 21.8. The van der Waals surface area contributed by atoms with Gasteiger partial charge in [-0.2, -0.15) is 0 Å². The molecule has 33 heavy (non-hydrogen) atoms. The van der Waals surface area contributed by atoms with Crippen molar-refractivity contribution < 1.29 is 23.5 Å². The number of ketones is 1. The van der Waals surface area contributed by atoms with Crippen LogP contribution >= 0.6 is 11.8 Å². The molecule has 0 spiro atoms. The number of rotatable bonds is 9. The van der Waals surface area contributed by atoms with Crippen molar-refractivity contribution in [3.05, 3.63) is 5.89 Å². The predicted molar refractivity (Wildman–Crippen MR) is 127 cm³/mol. The number of nitrogens with zero attached hydrogens (tertiary/aromatic N) is 2. The topological polar surface area (TPSA) is 111 Å². The van der Waals surface area contributed by atoms with E-state index in [2.05, 4.69) is 15.5 Å². The van der Waals surface area contributed by atoms with Crippen molar-refractivity contribution in [3.63, 3.8) is 0 Å². The van der Waals surface area contributed by atoms with Gasteiger partial charge in [0.1, 0.15) is 10.3 Å². The van der Waals surface area contributed by atoms with Crippen LogP contribution in [0.15, 0.2) is 9.64 Å². The van der Waals surface area contributed by atoms with E-state index in [0.717, 1.165) is 50.3 Å². The fraction of sp³-hybridized carbons (Fsp3) is 0.792. The summed E-state index contributed by atoms with van der Waals surface area (Å²) >= 11 is 1.04. The van der Waals surface area contributed by atoms with E-state index in [-0.39, 0.29) is 28.9 Å². The second kappa shape index (κ2) is 11.5. The first-order valence-electron chi connectivity index (χ1n) is 11.9. The normalized spacial score (nSPS) is 16.8. The molecule has 1 amide bonds. The average molecular weight is 482 g/mol. The smallest absolute Gasteiger partial charge is 0.322 e. The van der Waals surface area contributed by atoms with Crippen molar-refractivity contribution in [2.75, 3.05) is 0 Å². The number of hydrogen-bond acceptors (Lipinski definition) is 8. The van der Waals surface area contributed by atoms with Gasteiger partial charge in [-0.25, -0.2) is 0 Å². The minimum absolute atomic E-state index is 0.0570. The van der Waals surface area contributed by atoms with Crippen molar-refractivity contribution in [2.24, 2.45) is 11.8 Å². The molecule has 1 fully saturated rings. The van der Waals surface area contributed by atoms with E-state index < -0.39 is 28.1 Å². The number of hydrogen-bond donors (Lipinski definition) is 1. The highest BCUT2D eigenvalue weighted by Crippen LogP contribution is 2.34. The molecule has 9 heteroatoms. The molecule has 0 saturated heterocycles. The molecule has 1 atom stereocenters. The maximum absolute atomic E-state index is 13.2. The van der Waals surface area contributed by atoms with Crippen LogP contribution in [0.2, 0.25) is 0 Å².